The van der Waals surface area contributed by atoms with Gasteiger partial charge in [0.05, 0.1) is 52.9 Å². The monoisotopic (exact) mass is 571 g/mol. The molecule has 208 valence electrons. The molecule has 0 bridgehead atoms. The molecule has 5 aromatic rings. The van der Waals surface area contributed by atoms with Gasteiger partial charge < -0.3 is 10.6 Å². The number of carbonyl (C=O) groups excluding carboxylic acids is 3. The number of Topliss-reactive ketones (excluding diaryl/α,β-unsaturated/α-hetero) is 1. The van der Waals surface area contributed by atoms with Gasteiger partial charge in [-0.15, -0.1) is 11.3 Å². The zero-order valence-corrected chi connectivity index (χ0v) is 22.9. The molecule has 0 spiro atoms. The van der Waals surface area contributed by atoms with E-state index in [1.54, 1.807) is 35.5 Å². The molecule has 3 aromatic heterocycles. The molecule has 1 aliphatic heterocycles. The number of alkyl halides is 1. The number of rotatable bonds is 8. The predicted molar refractivity (Wildman–Crippen MR) is 154 cm³/mol. The highest BCUT2D eigenvalue weighted by atomic mass is 32.1. The molecular formula is C29H26FN7O3S. The fraction of sp³-hybridized carbons (Fsp3) is 0.241. The highest BCUT2D eigenvalue weighted by Crippen LogP contribution is 2.28. The van der Waals surface area contributed by atoms with Crippen molar-refractivity contribution in [3.8, 4) is 0 Å². The molecule has 2 N–H and O–H groups in total. The molecule has 12 heteroatoms. The number of thiazole rings is 1. The zero-order valence-electron chi connectivity index (χ0n) is 22.1. The lowest BCUT2D eigenvalue weighted by molar-refractivity contribution is -0.125. The Hall–Kier alpha value is -4.55. The first kappa shape index (κ1) is 26.7. The Morgan fingerprint density at radius 1 is 1.10 bits per heavy atom. The molecule has 0 unspecified atom stereocenters. The number of nitrogens with one attached hydrogen (secondary N) is 2. The standard InChI is InChI=1S/C29H26FN7O3S/c1-17(38)22-14-37(24-7-6-19(9-21(22)24)34-20-10-31-16-32-11-20)28(39)15-36-13-18(30)8-25(36)29(40)33-12-27-35-23-4-2-3-5-26(23)41-27/h2-7,9-11,14,16,18,25,34H,8,12-13,15H2,1H3,(H,33,40)/t18-,25+/m1/s1. The number of hydrogen-bond donors (Lipinski definition) is 2. The summed E-state index contributed by atoms with van der Waals surface area (Å²) in [5.74, 6) is -0.906. The van der Waals surface area contributed by atoms with Crippen LogP contribution < -0.4 is 10.6 Å². The van der Waals surface area contributed by atoms with Gasteiger partial charge in [-0.1, -0.05) is 12.1 Å². The second-order valence-electron chi connectivity index (χ2n) is 9.92. The van der Waals surface area contributed by atoms with Crippen LogP contribution in [0.5, 0.6) is 0 Å². The van der Waals surface area contributed by atoms with E-state index in [9.17, 15) is 18.8 Å². The SMILES string of the molecule is CC(=O)c1cn(C(=O)CN2C[C@H](F)C[C@H]2C(=O)NCc2nc3ccccc3s2)c2ccc(Nc3cncnc3)cc12. The highest BCUT2D eigenvalue weighted by molar-refractivity contribution is 7.18. The number of para-hydroxylation sites is 1. The predicted octanol–water partition coefficient (Wildman–Crippen LogP) is 4.36. The minimum Gasteiger partial charge on any atom is -0.353 e. The van der Waals surface area contributed by atoms with Gasteiger partial charge in [0.15, 0.2) is 5.78 Å². The minimum atomic E-state index is -1.23. The van der Waals surface area contributed by atoms with Crippen LogP contribution in [0.15, 0.2) is 67.4 Å². The summed E-state index contributed by atoms with van der Waals surface area (Å²) in [7, 11) is 0. The number of hydrogen-bond acceptors (Lipinski definition) is 9. The highest BCUT2D eigenvalue weighted by Gasteiger charge is 2.38. The molecule has 1 aliphatic rings. The van der Waals surface area contributed by atoms with Crippen LogP contribution in [0.3, 0.4) is 0 Å². The van der Waals surface area contributed by atoms with Crippen LogP contribution >= 0.6 is 11.3 Å². The Bertz CT molecular complexity index is 1740. The molecule has 10 nitrogen and oxygen atoms in total. The molecule has 0 aliphatic carbocycles. The summed E-state index contributed by atoms with van der Waals surface area (Å²) in [4.78, 5) is 53.1. The summed E-state index contributed by atoms with van der Waals surface area (Å²) in [5.41, 5.74) is 3.16. The lowest BCUT2D eigenvalue weighted by Gasteiger charge is -2.22. The molecule has 41 heavy (non-hydrogen) atoms. The van der Waals surface area contributed by atoms with Crippen molar-refractivity contribution in [1.82, 2.24) is 29.7 Å². The van der Waals surface area contributed by atoms with Crippen LogP contribution in [-0.2, 0) is 11.3 Å². The number of amides is 1. The first-order valence-electron chi connectivity index (χ1n) is 13.1. The van der Waals surface area contributed by atoms with Gasteiger partial charge in [0.25, 0.3) is 0 Å². The molecule has 1 saturated heterocycles. The number of carbonyl (C=O) groups is 3. The van der Waals surface area contributed by atoms with Gasteiger partial charge in [0.2, 0.25) is 11.8 Å². The van der Waals surface area contributed by atoms with E-state index in [1.165, 1.54) is 35.4 Å². The molecule has 2 aromatic carbocycles. The van der Waals surface area contributed by atoms with Crippen molar-refractivity contribution < 1.29 is 18.8 Å². The lowest BCUT2D eigenvalue weighted by atomic mass is 10.1. The molecule has 1 fully saturated rings. The quantitative estimate of drug-likeness (QED) is 0.264. The number of anilines is 2. The lowest BCUT2D eigenvalue weighted by Crippen LogP contribution is -2.45. The first-order valence-corrected chi connectivity index (χ1v) is 13.9. The Morgan fingerprint density at radius 2 is 1.90 bits per heavy atom. The van der Waals surface area contributed by atoms with Gasteiger partial charge in [0, 0.05) is 35.8 Å². The number of ketones is 1. The third-order valence-corrected chi connectivity index (χ3v) is 8.08. The summed E-state index contributed by atoms with van der Waals surface area (Å²) in [6.45, 7) is 1.46. The van der Waals surface area contributed by atoms with Gasteiger partial charge in [-0.25, -0.2) is 19.3 Å². The van der Waals surface area contributed by atoms with Crippen LogP contribution in [0.25, 0.3) is 21.1 Å². The van der Waals surface area contributed by atoms with Crippen molar-refractivity contribution in [2.75, 3.05) is 18.4 Å². The van der Waals surface area contributed by atoms with Crippen molar-refractivity contribution in [1.29, 1.82) is 0 Å². The summed E-state index contributed by atoms with van der Waals surface area (Å²) in [6, 6.07) is 12.2. The van der Waals surface area contributed by atoms with Gasteiger partial charge in [0.1, 0.15) is 17.5 Å². The fourth-order valence-corrected chi connectivity index (χ4v) is 6.05. The normalized spacial score (nSPS) is 17.2. The van der Waals surface area contributed by atoms with Gasteiger partial charge in [-0.2, -0.15) is 0 Å². The van der Waals surface area contributed by atoms with Crippen LogP contribution in [0, 0.1) is 0 Å². The van der Waals surface area contributed by atoms with Crippen molar-refractivity contribution in [3.05, 3.63) is 78.0 Å². The van der Waals surface area contributed by atoms with Crippen molar-refractivity contribution in [2.24, 2.45) is 0 Å². The maximum Gasteiger partial charge on any atom is 0.245 e. The molecule has 6 rings (SSSR count). The van der Waals surface area contributed by atoms with E-state index in [0.29, 0.717) is 27.8 Å². The maximum atomic E-state index is 14.5. The second kappa shape index (κ2) is 11.1. The largest absolute Gasteiger partial charge is 0.353 e. The van der Waals surface area contributed by atoms with Gasteiger partial charge in [-0.05, 0) is 37.3 Å². The third kappa shape index (κ3) is 5.56. The topological polar surface area (TPSA) is 122 Å². The van der Waals surface area contributed by atoms with Gasteiger partial charge in [-0.3, -0.25) is 23.9 Å². The number of benzene rings is 2. The Kier molecular flexibility index (Phi) is 7.25. The molecular weight excluding hydrogens is 545 g/mol. The average Bonchev–Trinajstić information content (AvgIpc) is 3.66. The van der Waals surface area contributed by atoms with Crippen molar-refractivity contribution >= 4 is 61.4 Å². The van der Waals surface area contributed by atoms with E-state index in [2.05, 4.69) is 25.6 Å². The maximum absolute atomic E-state index is 14.5. The van der Waals surface area contributed by atoms with E-state index in [0.717, 1.165) is 15.2 Å². The molecule has 2 atom stereocenters. The number of aromatic nitrogens is 4. The Balaban J connectivity index is 1.18. The van der Waals surface area contributed by atoms with Crippen molar-refractivity contribution in [3.63, 3.8) is 0 Å². The number of fused-ring (bicyclic) bond motifs is 2. The van der Waals surface area contributed by atoms with E-state index >= 15 is 0 Å². The molecule has 0 radical (unpaired) electrons. The van der Waals surface area contributed by atoms with E-state index in [4.69, 9.17) is 0 Å². The van der Waals surface area contributed by atoms with Gasteiger partial charge >= 0.3 is 0 Å². The molecule has 0 saturated carbocycles. The van der Waals surface area contributed by atoms with E-state index < -0.39 is 12.2 Å². The first-order chi connectivity index (χ1) is 19.9. The summed E-state index contributed by atoms with van der Waals surface area (Å²) in [6.07, 6.45) is 4.95. The summed E-state index contributed by atoms with van der Waals surface area (Å²) >= 11 is 1.49. The Morgan fingerprint density at radius 3 is 2.68 bits per heavy atom. The van der Waals surface area contributed by atoms with Crippen LogP contribution in [-0.4, -0.2) is 67.3 Å². The smallest absolute Gasteiger partial charge is 0.245 e. The molecule has 1 amide bonds. The zero-order chi connectivity index (χ0) is 28.5. The third-order valence-electron chi connectivity index (χ3n) is 7.05. The van der Waals surface area contributed by atoms with Crippen LogP contribution in [0.4, 0.5) is 15.8 Å². The number of nitrogens with zero attached hydrogens (tertiary/aromatic N) is 5. The van der Waals surface area contributed by atoms with Crippen LogP contribution in [0.2, 0.25) is 0 Å². The number of halogens is 1. The average molecular weight is 572 g/mol. The number of likely N-dealkylation sites (tertiary alicyclic amines) is 1. The molecule has 4 heterocycles. The fourth-order valence-electron chi connectivity index (χ4n) is 5.15. The summed E-state index contributed by atoms with van der Waals surface area (Å²) < 4.78 is 16.9. The van der Waals surface area contributed by atoms with E-state index in [1.807, 2.05) is 24.3 Å². The van der Waals surface area contributed by atoms with Crippen LogP contribution in [0.1, 0.15) is 33.5 Å². The summed E-state index contributed by atoms with van der Waals surface area (Å²) in [5, 5.41) is 7.40. The Labute approximate surface area is 238 Å². The van der Waals surface area contributed by atoms with E-state index in [-0.39, 0.29) is 43.7 Å². The second-order valence-corrected chi connectivity index (χ2v) is 11.0. The minimum absolute atomic E-state index is 0.00229. The van der Waals surface area contributed by atoms with Crippen molar-refractivity contribution in [2.45, 2.75) is 32.1 Å².